The van der Waals surface area contributed by atoms with Crippen molar-refractivity contribution in [2.45, 2.75) is 24.4 Å². The zero-order valence-corrected chi connectivity index (χ0v) is 21.7. The molecule has 0 saturated carbocycles. The van der Waals surface area contributed by atoms with Crippen LogP contribution in [-0.4, -0.2) is 134 Å². The summed E-state index contributed by atoms with van der Waals surface area (Å²) in [6, 6.07) is 0. The van der Waals surface area contributed by atoms with Crippen LogP contribution in [0.5, 0.6) is 0 Å². The average Bonchev–Trinajstić information content (AvgIpc) is 3.70. The van der Waals surface area contributed by atoms with Crippen molar-refractivity contribution < 1.29 is 43.8 Å². The number of ether oxygens (including phenoxy) is 2. The van der Waals surface area contributed by atoms with Gasteiger partial charge in [0, 0.05) is 38.1 Å². The Morgan fingerprint density at radius 3 is 1.63 bits per heavy atom. The highest BCUT2D eigenvalue weighted by molar-refractivity contribution is 5.88. The van der Waals surface area contributed by atoms with Crippen LogP contribution >= 0.6 is 0 Å². The van der Waals surface area contributed by atoms with E-state index in [1.165, 1.54) is 4.90 Å². The van der Waals surface area contributed by atoms with Gasteiger partial charge in [-0.15, -0.1) is 0 Å². The highest BCUT2D eigenvalue weighted by Crippen LogP contribution is 2.41. The van der Waals surface area contributed by atoms with Gasteiger partial charge in [-0.25, -0.2) is 0 Å². The van der Waals surface area contributed by atoms with Gasteiger partial charge in [-0.1, -0.05) is 24.3 Å². The molecule has 2 N–H and O–H groups in total. The molecule has 12 heteroatoms. The molecule has 12 nitrogen and oxygen atoms in total. The van der Waals surface area contributed by atoms with Crippen LogP contribution in [0.3, 0.4) is 0 Å². The Morgan fingerprint density at radius 2 is 1.16 bits per heavy atom. The van der Waals surface area contributed by atoms with E-state index in [0.29, 0.717) is 26.2 Å². The fourth-order valence-corrected chi connectivity index (χ4v) is 6.34. The van der Waals surface area contributed by atoms with Crippen molar-refractivity contribution in [1.82, 2.24) is 14.7 Å². The Kier molecular flexibility index (Phi) is 7.58. The van der Waals surface area contributed by atoms with Gasteiger partial charge in [-0.05, 0) is 7.05 Å². The summed E-state index contributed by atoms with van der Waals surface area (Å²) in [5.41, 5.74) is 0. The van der Waals surface area contributed by atoms with Gasteiger partial charge in [0.25, 0.3) is 0 Å². The molecule has 6 aliphatic rings. The Hall–Kier alpha value is -2.80. The first kappa shape index (κ1) is 26.8. The molecule has 6 heterocycles. The van der Waals surface area contributed by atoms with Crippen molar-refractivity contribution in [2.24, 2.45) is 23.7 Å². The summed E-state index contributed by atoms with van der Waals surface area (Å²) in [5, 5.41) is 20.5. The number of nitrogens with zero attached hydrogens (tertiary/aromatic N) is 3. The lowest BCUT2D eigenvalue weighted by molar-refractivity contribution is -0.883. The molecule has 4 unspecified atom stereocenters. The van der Waals surface area contributed by atoms with Crippen LogP contribution in [0, 0.1) is 23.7 Å². The van der Waals surface area contributed by atoms with Crippen molar-refractivity contribution in [2.75, 3.05) is 66.5 Å². The maximum atomic E-state index is 12.5. The maximum absolute atomic E-state index is 12.5. The van der Waals surface area contributed by atoms with Gasteiger partial charge >= 0.3 is 5.97 Å². The normalized spacial score (nSPS) is 37.8. The summed E-state index contributed by atoms with van der Waals surface area (Å²) in [4.78, 5) is 54.8. The van der Waals surface area contributed by atoms with E-state index in [1.807, 2.05) is 13.1 Å². The molecule has 8 atom stereocenters. The molecule has 0 aliphatic carbocycles. The molecule has 0 aromatic heterocycles. The van der Waals surface area contributed by atoms with Gasteiger partial charge in [0.15, 0.2) is 0 Å². The molecule has 4 bridgehead atoms. The zero-order valence-electron chi connectivity index (χ0n) is 21.7. The molecule has 4 saturated heterocycles. The van der Waals surface area contributed by atoms with Crippen LogP contribution < -0.4 is 10.0 Å². The quantitative estimate of drug-likeness (QED) is 0.347. The van der Waals surface area contributed by atoms with Crippen molar-refractivity contribution in [3.05, 3.63) is 24.3 Å². The minimum atomic E-state index is -1.19. The fourth-order valence-electron chi connectivity index (χ4n) is 6.34. The van der Waals surface area contributed by atoms with E-state index >= 15 is 0 Å². The number of hydrogen-bond acceptors (Lipinski definition) is 8. The van der Waals surface area contributed by atoms with E-state index in [9.17, 15) is 29.4 Å². The monoisotopic (exact) mass is 532 g/mol. The molecule has 38 heavy (non-hydrogen) atoms. The average molecular weight is 533 g/mol. The first-order chi connectivity index (χ1) is 18.2. The predicted molar refractivity (Wildman–Crippen MR) is 129 cm³/mol. The number of aliphatic carboxylic acids is 2. The lowest BCUT2D eigenvalue weighted by atomic mass is 9.82. The van der Waals surface area contributed by atoms with Crippen molar-refractivity contribution in [3.8, 4) is 0 Å². The minimum absolute atomic E-state index is 0.0719. The number of likely N-dealkylation sites (N-methyl/N-ethyl adjacent to an activating group) is 2. The first-order valence-corrected chi connectivity index (χ1v) is 13.3. The summed E-state index contributed by atoms with van der Waals surface area (Å²) in [6.45, 7) is 6.17. The van der Waals surface area contributed by atoms with Gasteiger partial charge in [-0.2, -0.15) is 0 Å². The molecule has 208 valence electrons. The first-order valence-electron chi connectivity index (χ1n) is 13.3. The predicted octanol–water partition coefficient (Wildman–Crippen LogP) is -3.92. The van der Waals surface area contributed by atoms with Crippen LogP contribution in [0.15, 0.2) is 24.3 Å². The summed E-state index contributed by atoms with van der Waals surface area (Å²) in [7, 11) is 4.11. The van der Waals surface area contributed by atoms with Gasteiger partial charge in [0.1, 0.15) is 5.92 Å². The second-order valence-corrected chi connectivity index (χ2v) is 11.1. The van der Waals surface area contributed by atoms with Crippen molar-refractivity contribution in [1.29, 1.82) is 0 Å². The maximum Gasteiger partial charge on any atom is 0.310 e. The summed E-state index contributed by atoms with van der Waals surface area (Å²) in [6.07, 6.45) is 5.41. The second kappa shape index (κ2) is 10.8. The van der Waals surface area contributed by atoms with E-state index < -0.39 is 53.9 Å². The summed E-state index contributed by atoms with van der Waals surface area (Å²) >= 11 is 0. The molecule has 0 aromatic rings. The van der Waals surface area contributed by atoms with Crippen LogP contribution in [0.4, 0.5) is 0 Å². The lowest BCUT2D eigenvalue weighted by Gasteiger charge is -2.35. The van der Waals surface area contributed by atoms with Crippen molar-refractivity contribution in [3.63, 3.8) is 0 Å². The Morgan fingerprint density at radius 1 is 0.737 bits per heavy atom. The zero-order chi connectivity index (χ0) is 27.1. The highest BCUT2D eigenvalue weighted by Gasteiger charge is 2.54. The van der Waals surface area contributed by atoms with Crippen LogP contribution in [-0.2, 0) is 28.7 Å². The largest absolute Gasteiger partial charge is 0.550 e. The Bertz CT molecular complexity index is 937. The molecular formula is C26H36N4O8. The number of carboxylic acids is 2. The molecule has 0 radical (unpaired) electrons. The number of quaternary nitrogens is 1. The van der Waals surface area contributed by atoms with Crippen LogP contribution in [0.1, 0.15) is 0 Å². The van der Waals surface area contributed by atoms with E-state index in [2.05, 4.69) is 11.9 Å². The number of piperazine rings is 2. The van der Waals surface area contributed by atoms with E-state index in [4.69, 9.17) is 9.47 Å². The number of carboxylic acid groups (broad SMARTS) is 2. The number of rotatable bonds is 4. The number of carbonyl (C=O) groups is 4. The summed E-state index contributed by atoms with van der Waals surface area (Å²) in [5.74, 6) is -5.04. The van der Waals surface area contributed by atoms with Gasteiger partial charge in [-0.3, -0.25) is 14.4 Å². The smallest absolute Gasteiger partial charge is 0.310 e. The second-order valence-electron chi connectivity index (χ2n) is 11.1. The number of carbonyl (C=O) groups excluding carboxylic acids is 3. The van der Waals surface area contributed by atoms with E-state index in [-0.39, 0.29) is 17.9 Å². The molecule has 6 aliphatic heterocycles. The molecule has 0 spiro atoms. The van der Waals surface area contributed by atoms with Crippen LogP contribution in [0.2, 0.25) is 0 Å². The standard InChI is InChI=1S/2C13H18N2O4/c2*1-14-4-6-15(7-5-14)12(16)10-8-2-3-9(19-8)11(10)13(17)18/h2*2-3,8-11H,4-7H2,1H3,(H,17,18)/t2*8-,9+,10?,11?/m00/s1. The SMILES string of the molecule is CN1CCN(C(=O)C2C(C(=O)O)[C@H]3C=C[C@@H]2O3)CC1.C[NH+]1CCN(C(=O)C2C(C(=O)[O-])[C@H]3C=C[C@@H]2O3)CC1. The minimum Gasteiger partial charge on any atom is -0.550 e. The third kappa shape index (κ3) is 4.97. The summed E-state index contributed by atoms with van der Waals surface area (Å²) < 4.78 is 11.0. The van der Waals surface area contributed by atoms with E-state index in [1.54, 1.807) is 28.0 Å². The molecule has 0 aromatic carbocycles. The topological polar surface area (TPSA) is 144 Å². The number of fused-ring (bicyclic) bond motifs is 4. The van der Waals surface area contributed by atoms with Crippen LogP contribution in [0.25, 0.3) is 0 Å². The molecule has 2 amide bonds. The third-order valence-electron chi connectivity index (χ3n) is 8.67. The van der Waals surface area contributed by atoms with Crippen molar-refractivity contribution >= 4 is 23.8 Å². The Balaban J connectivity index is 0.000000155. The van der Waals surface area contributed by atoms with Gasteiger partial charge in [0.05, 0.1) is 69.5 Å². The van der Waals surface area contributed by atoms with Gasteiger partial charge in [0.2, 0.25) is 11.8 Å². The number of hydrogen-bond donors (Lipinski definition) is 2. The Labute approximate surface area is 221 Å². The lowest BCUT2D eigenvalue weighted by Crippen LogP contribution is -3.12. The number of amides is 2. The number of nitrogens with one attached hydrogen (secondary N) is 1. The fraction of sp³-hybridized carbons (Fsp3) is 0.692. The highest BCUT2D eigenvalue weighted by atomic mass is 16.5. The van der Waals surface area contributed by atoms with E-state index in [0.717, 1.165) is 26.2 Å². The van der Waals surface area contributed by atoms with Gasteiger partial charge < -0.3 is 44.1 Å². The molecule has 6 rings (SSSR count). The molecular weight excluding hydrogens is 496 g/mol. The molecule has 4 fully saturated rings. The third-order valence-corrected chi connectivity index (χ3v) is 8.67.